The smallest absolute Gasteiger partial charge is 0.393 e. The van der Waals surface area contributed by atoms with Crippen LogP contribution >= 0.6 is 0 Å². The Bertz CT molecular complexity index is 392. The van der Waals surface area contributed by atoms with E-state index in [0.29, 0.717) is 11.8 Å². The molecule has 1 saturated carbocycles. The quantitative estimate of drug-likeness (QED) is 0.806. The largest absolute Gasteiger partial charge is 0.474 e. The fourth-order valence-corrected chi connectivity index (χ4v) is 1.90. The lowest BCUT2D eigenvalue weighted by atomic mass is 9.89. The number of carboxylic acids is 1. The number of carbonyl (C=O) groups is 1. The number of aromatic carboxylic acids is 1. The van der Waals surface area contributed by atoms with Crippen LogP contribution in [0.4, 0.5) is 0 Å². The highest BCUT2D eigenvalue weighted by Gasteiger charge is 2.49. The van der Waals surface area contributed by atoms with Crippen LogP contribution in [-0.4, -0.2) is 21.3 Å². The van der Waals surface area contributed by atoms with Crippen LogP contribution in [-0.2, 0) is 0 Å². The Morgan fingerprint density at radius 3 is 2.53 bits per heavy atom. The van der Waals surface area contributed by atoms with Gasteiger partial charge in [-0.05, 0) is 17.8 Å². The summed E-state index contributed by atoms with van der Waals surface area (Å²) in [6, 6.07) is 0. The van der Waals surface area contributed by atoms with E-state index in [1.54, 1.807) is 0 Å². The summed E-state index contributed by atoms with van der Waals surface area (Å²) in [6.07, 6.45) is 1.00. The maximum atomic E-state index is 10.5. The van der Waals surface area contributed by atoms with Crippen LogP contribution in [0, 0.1) is 11.3 Å². The van der Waals surface area contributed by atoms with E-state index < -0.39 is 5.97 Å². The van der Waals surface area contributed by atoms with Gasteiger partial charge in [-0.2, -0.15) is 0 Å². The van der Waals surface area contributed by atoms with Crippen molar-refractivity contribution in [3.63, 3.8) is 0 Å². The van der Waals surface area contributed by atoms with Crippen LogP contribution in [0.3, 0.4) is 0 Å². The Kier molecular flexibility index (Phi) is 2.06. The van der Waals surface area contributed by atoms with Crippen LogP contribution in [0.1, 0.15) is 49.7 Å². The topological polar surface area (TPSA) is 76.2 Å². The van der Waals surface area contributed by atoms with E-state index in [1.165, 1.54) is 0 Å². The monoisotopic (exact) mass is 210 g/mol. The van der Waals surface area contributed by atoms with E-state index >= 15 is 0 Å². The third kappa shape index (κ3) is 1.86. The second kappa shape index (κ2) is 3.05. The van der Waals surface area contributed by atoms with Gasteiger partial charge in [0.15, 0.2) is 0 Å². The van der Waals surface area contributed by atoms with Gasteiger partial charge in [-0.1, -0.05) is 20.8 Å². The Morgan fingerprint density at radius 2 is 2.13 bits per heavy atom. The van der Waals surface area contributed by atoms with Crippen LogP contribution in [0.2, 0.25) is 0 Å². The zero-order valence-electron chi connectivity index (χ0n) is 9.02. The normalized spacial score (nSPS) is 25.3. The average Bonchev–Trinajstić information content (AvgIpc) is 2.76. The lowest BCUT2D eigenvalue weighted by Crippen LogP contribution is -2.08. The van der Waals surface area contributed by atoms with Crippen molar-refractivity contribution in [2.45, 2.75) is 33.1 Å². The molecule has 2 rings (SSSR count). The van der Waals surface area contributed by atoms with Crippen LogP contribution in [0.25, 0.3) is 0 Å². The van der Waals surface area contributed by atoms with Gasteiger partial charge in [-0.15, -0.1) is 10.2 Å². The van der Waals surface area contributed by atoms with Crippen LogP contribution in [0.15, 0.2) is 4.42 Å². The second-order valence-electron chi connectivity index (χ2n) is 5.07. The molecular formula is C10H14N2O3. The predicted molar refractivity (Wildman–Crippen MR) is 51.6 cm³/mol. The summed E-state index contributed by atoms with van der Waals surface area (Å²) in [5.41, 5.74) is 0.211. The molecule has 1 aromatic rings. The van der Waals surface area contributed by atoms with Crippen molar-refractivity contribution in [1.82, 2.24) is 10.2 Å². The molecule has 2 atom stereocenters. The first kappa shape index (κ1) is 10.1. The van der Waals surface area contributed by atoms with Crippen LogP contribution in [0.5, 0.6) is 0 Å². The Morgan fingerprint density at radius 1 is 1.47 bits per heavy atom. The lowest BCUT2D eigenvalue weighted by molar-refractivity contribution is 0.0651. The van der Waals surface area contributed by atoms with Crippen molar-refractivity contribution in [3.8, 4) is 0 Å². The molecule has 0 saturated heterocycles. The van der Waals surface area contributed by atoms with Crippen molar-refractivity contribution < 1.29 is 14.3 Å². The molecular weight excluding hydrogens is 196 g/mol. The second-order valence-corrected chi connectivity index (χ2v) is 5.07. The summed E-state index contributed by atoms with van der Waals surface area (Å²) in [5.74, 6) is -0.260. The minimum Gasteiger partial charge on any atom is -0.474 e. The number of hydrogen-bond donors (Lipinski definition) is 1. The first-order chi connectivity index (χ1) is 6.89. The van der Waals surface area contributed by atoms with Crippen LogP contribution < -0.4 is 0 Å². The highest BCUT2D eigenvalue weighted by Crippen LogP contribution is 2.56. The summed E-state index contributed by atoms with van der Waals surface area (Å²) >= 11 is 0. The summed E-state index contributed by atoms with van der Waals surface area (Å²) in [5, 5.41) is 15.9. The number of carboxylic acid groups (broad SMARTS) is 1. The van der Waals surface area contributed by atoms with Crippen molar-refractivity contribution in [3.05, 3.63) is 11.8 Å². The number of nitrogens with zero attached hydrogens (tertiary/aromatic N) is 2. The van der Waals surface area contributed by atoms with E-state index in [-0.39, 0.29) is 17.2 Å². The number of hydrogen-bond acceptors (Lipinski definition) is 4. The fraction of sp³-hybridized carbons (Fsp3) is 0.700. The van der Waals surface area contributed by atoms with Gasteiger partial charge in [-0.3, -0.25) is 0 Å². The van der Waals surface area contributed by atoms with E-state index in [1.807, 2.05) is 0 Å². The Hall–Kier alpha value is -1.39. The van der Waals surface area contributed by atoms with Crippen molar-refractivity contribution in [2.75, 3.05) is 0 Å². The van der Waals surface area contributed by atoms with E-state index in [0.717, 1.165) is 6.42 Å². The lowest BCUT2D eigenvalue weighted by Gasteiger charge is -2.16. The molecule has 0 aromatic carbocycles. The maximum Gasteiger partial charge on any atom is 0.393 e. The first-order valence-corrected chi connectivity index (χ1v) is 4.96. The molecule has 2 unspecified atom stereocenters. The highest BCUT2D eigenvalue weighted by atomic mass is 16.4. The molecule has 1 N–H and O–H groups in total. The SMILES string of the molecule is CC(C)(C)C1CC1c1nnc(C(=O)O)o1. The molecule has 1 aliphatic rings. The molecule has 5 nitrogen and oxygen atoms in total. The highest BCUT2D eigenvalue weighted by molar-refractivity contribution is 5.81. The molecule has 82 valence electrons. The van der Waals surface area contributed by atoms with E-state index in [9.17, 15) is 4.79 Å². The zero-order valence-corrected chi connectivity index (χ0v) is 9.02. The van der Waals surface area contributed by atoms with Gasteiger partial charge in [0.25, 0.3) is 0 Å². The summed E-state index contributed by atoms with van der Waals surface area (Å²) in [7, 11) is 0. The summed E-state index contributed by atoms with van der Waals surface area (Å²) in [6.45, 7) is 6.48. The predicted octanol–water partition coefficient (Wildman–Crippen LogP) is 1.92. The number of aromatic nitrogens is 2. The number of rotatable bonds is 2. The zero-order chi connectivity index (χ0) is 11.2. The van der Waals surface area contributed by atoms with Gasteiger partial charge in [0.05, 0.1) is 0 Å². The Labute approximate surface area is 87.5 Å². The summed E-state index contributed by atoms with van der Waals surface area (Å²) in [4.78, 5) is 10.5. The molecule has 0 bridgehead atoms. The molecule has 1 aliphatic carbocycles. The molecule has 0 spiro atoms. The standard InChI is InChI=1S/C10H14N2O3/c1-10(2,3)6-4-5(6)7-11-12-8(15-7)9(13)14/h5-6H,4H2,1-3H3,(H,13,14). The molecule has 0 radical (unpaired) electrons. The van der Waals surface area contributed by atoms with Gasteiger partial charge < -0.3 is 9.52 Å². The fourth-order valence-electron chi connectivity index (χ4n) is 1.90. The van der Waals surface area contributed by atoms with Gasteiger partial charge in [0.2, 0.25) is 5.89 Å². The van der Waals surface area contributed by atoms with Crippen molar-refractivity contribution >= 4 is 5.97 Å². The molecule has 5 heteroatoms. The molecule has 1 heterocycles. The minimum atomic E-state index is -1.17. The first-order valence-electron chi connectivity index (χ1n) is 4.96. The van der Waals surface area contributed by atoms with E-state index in [4.69, 9.17) is 9.52 Å². The third-order valence-electron chi connectivity index (χ3n) is 2.84. The average molecular weight is 210 g/mol. The summed E-state index contributed by atoms with van der Waals surface area (Å²) < 4.78 is 5.07. The van der Waals surface area contributed by atoms with E-state index in [2.05, 4.69) is 31.0 Å². The third-order valence-corrected chi connectivity index (χ3v) is 2.84. The molecule has 0 amide bonds. The maximum absolute atomic E-state index is 10.5. The Balaban J connectivity index is 2.10. The molecule has 1 fully saturated rings. The molecule has 1 aromatic heterocycles. The van der Waals surface area contributed by atoms with Gasteiger partial charge in [-0.25, -0.2) is 4.79 Å². The van der Waals surface area contributed by atoms with Gasteiger partial charge >= 0.3 is 11.9 Å². The van der Waals surface area contributed by atoms with Crippen molar-refractivity contribution in [1.29, 1.82) is 0 Å². The molecule has 0 aliphatic heterocycles. The molecule has 15 heavy (non-hydrogen) atoms. The minimum absolute atomic E-state index is 0.211. The van der Waals surface area contributed by atoms with Crippen molar-refractivity contribution in [2.24, 2.45) is 11.3 Å². The van der Waals surface area contributed by atoms with Gasteiger partial charge in [0, 0.05) is 5.92 Å². The van der Waals surface area contributed by atoms with Gasteiger partial charge in [0.1, 0.15) is 0 Å².